The number of amides is 1. The van der Waals surface area contributed by atoms with E-state index in [1.807, 2.05) is 4.72 Å². The highest BCUT2D eigenvalue weighted by Crippen LogP contribution is 2.36. The van der Waals surface area contributed by atoms with Gasteiger partial charge in [-0.05, 0) is 73.7 Å². The second-order valence-electron chi connectivity index (χ2n) is 9.15. The van der Waals surface area contributed by atoms with E-state index in [-0.39, 0.29) is 26.9 Å². The minimum absolute atomic E-state index is 0.0658. The quantitative estimate of drug-likeness (QED) is 0.202. The maximum atomic E-state index is 14.7. The molecule has 0 unspecified atom stereocenters. The molecule has 226 valence electrons. The summed E-state index contributed by atoms with van der Waals surface area (Å²) in [5.74, 6) is -1.75. The van der Waals surface area contributed by atoms with Gasteiger partial charge in [-0.1, -0.05) is 41.4 Å². The predicted octanol–water partition coefficient (Wildman–Crippen LogP) is 6.44. The molecule has 1 amide bonds. The number of nitrogens with zero attached hydrogens (tertiary/aromatic N) is 1. The summed E-state index contributed by atoms with van der Waals surface area (Å²) in [7, 11) is -8.73. The van der Waals surface area contributed by atoms with Crippen LogP contribution >= 0.6 is 11.6 Å². The predicted molar refractivity (Wildman–Crippen MR) is 154 cm³/mol. The van der Waals surface area contributed by atoms with E-state index in [9.17, 15) is 39.2 Å². The van der Waals surface area contributed by atoms with Gasteiger partial charge in [0.2, 0.25) is 5.91 Å². The number of aryl methyl sites for hydroxylation is 1. The molecule has 2 N–H and O–H groups in total. The van der Waals surface area contributed by atoms with Crippen molar-refractivity contribution in [1.82, 2.24) is 0 Å². The maximum Gasteiger partial charge on any atom is 0.417 e. The van der Waals surface area contributed by atoms with Crippen LogP contribution in [0.15, 0.2) is 101 Å². The summed E-state index contributed by atoms with van der Waals surface area (Å²) in [5, 5.41) is 1.83. The molecule has 0 bridgehead atoms. The third-order valence-corrected chi connectivity index (χ3v) is 9.49. The molecule has 0 aromatic heterocycles. The van der Waals surface area contributed by atoms with Gasteiger partial charge in [0.1, 0.15) is 12.4 Å². The van der Waals surface area contributed by atoms with Gasteiger partial charge in [0.05, 0.1) is 26.1 Å². The summed E-state index contributed by atoms with van der Waals surface area (Å²) in [5.41, 5.74) is -1.11. The number of carbonyl (C=O) groups is 1. The van der Waals surface area contributed by atoms with Crippen LogP contribution in [0.5, 0.6) is 0 Å². The Kier molecular flexibility index (Phi) is 9.04. The van der Waals surface area contributed by atoms with E-state index in [0.717, 1.165) is 35.9 Å². The van der Waals surface area contributed by atoms with Gasteiger partial charge in [-0.15, -0.1) is 0 Å². The highest BCUT2D eigenvalue weighted by atomic mass is 35.5. The molecule has 43 heavy (non-hydrogen) atoms. The van der Waals surface area contributed by atoms with Crippen molar-refractivity contribution in [2.45, 2.75) is 22.9 Å². The number of sulfonamides is 2. The summed E-state index contributed by atoms with van der Waals surface area (Å²) < 4.78 is 109. The van der Waals surface area contributed by atoms with E-state index in [0.29, 0.717) is 10.4 Å². The normalized spacial score (nSPS) is 12.0. The first-order valence-corrected chi connectivity index (χ1v) is 15.5. The average Bonchev–Trinajstić information content (AvgIpc) is 2.93. The number of rotatable bonds is 9. The Bertz CT molecular complexity index is 1870. The Balaban J connectivity index is 1.53. The summed E-state index contributed by atoms with van der Waals surface area (Å²) >= 11 is 5.58. The van der Waals surface area contributed by atoms with Crippen LogP contribution < -0.4 is 14.3 Å². The van der Waals surface area contributed by atoms with Gasteiger partial charge in [0.15, 0.2) is 0 Å². The van der Waals surface area contributed by atoms with E-state index >= 15 is 0 Å². The van der Waals surface area contributed by atoms with E-state index in [2.05, 4.69) is 5.32 Å². The molecule has 8 nitrogen and oxygen atoms in total. The van der Waals surface area contributed by atoms with Crippen LogP contribution in [-0.2, 0) is 31.0 Å². The smallest absolute Gasteiger partial charge is 0.325 e. The van der Waals surface area contributed by atoms with Crippen LogP contribution in [-0.4, -0.2) is 29.3 Å². The van der Waals surface area contributed by atoms with Crippen molar-refractivity contribution in [2.24, 2.45) is 0 Å². The summed E-state index contributed by atoms with van der Waals surface area (Å²) in [6.07, 6.45) is -4.81. The van der Waals surface area contributed by atoms with E-state index < -0.39 is 55.1 Å². The highest BCUT2D eigenvalue weighted by molar-refractivity contribution is 7.93. The standard InChI is InChI=1S/C28H22ClF4N3O5S2/c1-18-6-11-22(12-7-18)43(40,41)36(26-5-3-2-4-25(26)30)17-27(37)34-19-8-13-21(14-9-19)42(38,39)35-20-10-15-24(29)23(16-20)28(31,32)33/h2-16,35H,17H2,1H3,(H,34,37). The minimum Gasteiger partial charge on any atom is -0.325 e. The molecule has 0 atom stereocenters. The second kappa shape index (κ2) is 12.2. The monoisotopic (exact) mass is 655 g/mol. The number of hydrogen-bond acceptors (Lipinski definition) is 5. The lowest BCUT2D eigenvalue weighted by Gasteiger charge is -2.24. The lowest BCUT2D eigenvalue weighted by Crippen LogP contribution is -2.38. The van der Waals surface area contributed by atoms with Gasteiger partial charge < -0.3 is 5.32 Å². The topological polar surface area (TPSA) is 113 Å². The van der Waals surface area contributed by atoms with E-state index in [1.165, 1.54) is 42.5 Å². The summed E-state index contributed by atoms with van der Waals surface area (Å²) in [6, 6.07) is 17.9. The van der Waals surface area contributed by atoms with Crippen LogP contribution in [0.2, 0.25) is 5.02 Å². The third kappa shape index (κ3) is 7.45. The molecule has 0 heterocycles. The number of anilines is 3. The molecule has 4 rings (SSSR count). The van der Waals surface area contributed by atoms with Crippen molar-refractivity contribution in [3.63, 3.8) is 0 Å². The van der Waals surface area contributed by atoms with Crippen molar-refractivity contribution in [2.75, 3.05) is 20.9 Å². The Morgan fingerprint density at radius 1 is 0.837 bits per heavy atom. The molecule has 0 radical (unpaired) electrons. The number of halogens is 5. The second-order valence-corrected chi connectivity index (χ2v) is 13.1. The zero-order chi connectivity index (χ0) is 31.6. The van der Waals surface area contributed by atoms with Crippen LogP contribution in [0.25, 0.3) is 0 Å². The zero-order valence-electron chi connectivity index (χ0n) is 22.1. The van der Waals surface area contributed by atoms with Crippen molar-refractivity contribution in [1.29, 1.82) is 0 Å². The first kappa shape index (κ1) is 31.8. The SMILES string of the molecule is Cc1ccc(S(=O)(=O)N(CC(=O)Nc2ccc(S(=O)(=O)Nc3ccc(Cl)c(C(F)(F)F)c3)cc2)c2ccccc2F)cc1. The first-order valence-electron chi connectivity index (χ1n) is 12.2. The number of alkyl halides is 3. The molecule has 4 aromatic rings. The highest BCUT2D eigenvalue weighted by Gasteiger charge is 2.34. The van der Waals surface area contributed by atoms with Crippen LogP contribution in [0.1, 0.15) is 11.1 Å². The fourth-order valence-electron chi connectivity index (χ4n) is 3.86. The fraction of sp³-hybridized carbons (Fsp3) is 0.107. The van der Waals surface area contributed by atoms with Crippen molar-refractivity contribution in [3.8, 4) is 0 Å². The number of carbonyl (C=O) groups excluding carboxylic acids is 1. The van der Waals surface area contributed by atoms with Crippen LogP contribution in [0.4, 0.5) is 34.6 Å². The molecular weight excluding hydrogens is 634 g/mol. The van der Waals surface area contributed by atoms with Gasteiger partial charge in [-0.3, -0.25) is 13.8 Å². The van der Waals surface area contributed by atoms with Gasteiger partial charge in [-0.25, -0.2) is 21.2 Å². The van der Waals surface area contributed by atoms with E-state index in [1.54, 1.807) is 19.1 Å². The Hall–Kier alpha value is -4.14. The van der Waals surface area contributed by atoms with Gasteiger partial charge in [-0.2, -0.15) is 13.2 Å². The third-order valence-electron chi connectivity index (χ3n) is 5.99. The zero-order valence-corrected chi connectivity index (χ0v) is 24.5. The minimum atomic E-state index is -4.81. The molecule has 15 heteroatoms. The number of hydrogen-bond donors (Lipinski definition) is 2. The lowest BCUT2D eigenvalue weighted by molar-refractivity contribution is -0.137. The van der Waals surface area contributed by atoms with Crippen LogP contribution in [0.3, 0.4) is 0 Å². The first-order chi connectivity index (χ1) is 20.1. The van der Waals surface area contributed by atoms with Gasteiger partial charge in [0.25, 0.3) is 20.0 Å². The average molecular weight is 656 g/mol. The van der Waals surface area contributed by atoms with Crippen molar-refractivity contribution in [3.05, 3.63) is 113 Å². The Morgan fingerprint density at radius 3 is 2.02 bits per heavy atom. The van der Waals surface area contributed by atoms with Gasteiger partial charge in [0, 0.05) is 11.4 Å². The van der Waals surface area contributed by atoms with Gasteiger partial charge >= 0.3 is 6.18 Å². The number of nitrogens with one attached hydrogen (secondary N) is 2. The molecule has 0 saturated carbocycles. The molecule has 0 fully saturated rings. The molecular formula is C28H22ClF4N3O5S2. The van der Waals surface area contributed by atoms with E-state index in [4.69, 9.17) is 11.6 Å². The fourth-order valence-corrected chi connectivity index (χ4v) is 6.56. The molecule has 0 spiro atoms. The van der Waals surface area contributed by atoms with Crippen LogP contribution in [0, 0.1) is 12.7 Å². The molecule has 0 aliphatic heterocycles. The van der Waals surface area contributed by atoms with Crippen molar-refractivity contribution < 1.29 is 39.2 Å². The molecule has 4 aromatic carbocycles. The lowest BCUT2D eigenvalue weighted by atomic mass is 10.2. The van der Waals surface area contributed by atoms with Crippen molar-refractivity contribution >= 4 is 54.6 Å². The summed E-state index contributed by atoms with van der Waals surface area (Å²) in [4.78, 5) is 12.4. The number of para-hydroxylation sites is 1. The summed E-state index contributed by atoms with van der Waals surface area (Å²) in [6.45, 7) is 0.934. The molecule has 0 aliphatic carbocycles. The number of benzene rings is 4. The molecule has 0 saturated heterocycles. The Labute approximate surface area is 250 Å². The Morgan fingerprint density at radius 2 is 1.42 bits per heavy atom. The largest absolute Gasteiger partial charge is 0.417 e. The maximum absolute atomic E-state index is 14.7. The molecule has 0 aliphatic rings.